The van der Waals surface area contributed by atoms with Crippen molar-refractivity contribution in [3.05, 3.63) is 40.2 Å². The Kier molecular flexibility index (Phi) is 4.48. The first kappa shape index (κ1) is 16.6. The number of halogens is 2. The molecule has 0 atom stereocenters. The highest BCUT2D eigenvalue weighted by atomic mass is 19.2. The first-order chi connectivity index (χ1) is 12.1. The molecule has 0 radical (unpaired) electrons. The Hall–Kier alpha value is -1.91. The summed E-state index contributed by atoms with van der Waals surface area (Å²) in [6, 6.07) is 3.44. The minimum absolute atomic E-state index is 0.124. The third-order valence-corrected chi connectivity index (χ3v) is 5.78. The van der Waals surface area contributed by atoms with E-state index in [1.165, 1.54) is 12.5 Å². The first-order valence-electron chi connectivity index (χ1n) is 9.44. The summed E-state index contributed by atoms with van der Waals surface area (Å²) in [5, 5.41) is 3.07. The van der Waals surface area contributed by atoms with Crippen LogP contribution >= 0.6 is 0 Å². The minimum Gasteiger partial charge on any atom is -0.380 e. The lowest BCUT2D eigenvalue weighted by Gasteiger charge is -2.25. The fourth-order valence-electron chi connectivity index (χ4n) is 4.44. The van der Waals surface area contributed by atoms with Crippen molar-refractivity contribution < 1.29 is 8.78 Å². The topological polar surface area (TPSA) is 34.0 Å². The Balaban J connectivity index is 1.82. The molecule has 0 unspecified atom stereocenters. The van der Waals surface area contributed by atoms with Crippen LogP contribution in [0.1, 0.15) is 63.8 Å². The monoisotopic (exact) mass is 346 g/mol. The molecule has 25 heavy (non-hydrogen) atoms. The van der Waals surface area contributed by atoms with Crippen LogP contribution in [0.2, 0.25) is 0 Å². The number of fused-ring (bicyclic) bond motifs is 1. The molecule has 0 spiro atoms. The Morgan fingerprint density at radius 1 is 0.960 bits per heavy atom. The van der Waals surface area contributed by atoms with Gasteiger partial charge in [-0.1, -0.05) is 32.1 Å². The highest BCUT2D eigenvalue weighted by Crippen LogP contribution is 2.34. The summed E-state index contributed by atoms with van der Waals surface area (Å²) in [5.41, 5.74) is 0.246. The third-order valence-electron chi connectivity index (χ3n) is 5.78. The summed E-state index contributed by atoms with van der Waals surface area (Å²) < 4.78 is 31.3. The maximum atomic E-state index is 14.7. The number of rotatable bonds is 3. The number of hydrogen-bond donors (Lipinski definition) is 1. The second kappa shape index (κ2) is 6.77. The van der Waals surface area contributed by atoms with E-state index >= 15 is 0 Å². The maximum absolute atomic E-state index is 14.7. The predicted molar refractivity (Wildman–Crippen MR) is 96.1 cm³/mol. The van der Waals surface area contributed by atoms with Gasteiger partial charge in [-0.2, -0.15) is 0 Å². The van der Waals surface area contributed by atoms with Crippen LogP contribution < -0.4 is 10.7 Å². The average Bonchev–Trinajstić information content (AvgIpc) is 3.15. The van der Waals surface area contributed by atoms with Gasteiger partial charge in [0.15, 0.2) is 17.1 Å². The summed E-state index contributed by atoms with van der Waals surface area (Å²) in [7, 11) is 0. The largest absolute Gasteiger partial charge is 0.380 e. The van der Waals surface area contributed by atoms with E-state index in [2.05, 4.69) is 5.32 Å². The zero-order valence-electron chi connectivity index (χ0n) is 14.4. The lowest BCUT2D eigenvalue weighted by molar-refractivity contribution is 0.457. The molecule has 134 valence electrons. The van der Waals surface area contributed by atoms with Crippen LogP contribution in [-0.2, 0) is 0 Å². The van der Waals surface area contributed by atoms with Crippen molar-refractivity contribution in [3.63, 3.8) is 0 Å². The number of nitrogens with zero attached hydrogens (tertiary/aromatic N) is 1. The zero-order chi connectivity index (χ0) is 17.4. The molecule has 0 saturated heterocycles. The molecule has 0 bridgehead atoms. The van der Waals surface area contributed by atoms with Gasteiger partial charge in [0.2, 0.25) is 0 Å². The molecule has 0 aliphatic heterocycles. The minimum atomic E-state index is -1.02. The van der Waals surface area contributed by atoms with E-state index in [1.807, 2.05) is 4.57 Å². The Labute approximate surface area is 146 Å². The van der Waals surface area contributed by atoms with Gasteiger partial charge in [0.25, 0.3) is 0 Å². The number of anilines is 1. The number of aromatic nitrogens is 1. The van der Waals surface area contributed by atoms with Gasteiger partial charge in [0, 0.05) is 24.3 Å². The molecule has 2 saturated carbocycles. The summed E-state index contributed by atoms with van der Waals surface area (Å²) in [4.78, 5) is 12.2. The van der Waals surface area contributed by atoms with E-state index in [0.717, 1.165) is 51.4 Å². The van der Waals surface area contributed by atoms with Crippen molar-refractivity contribution in [1.82, 2.24) is 4.57 Å². The first-order valence-corrected chi connectivity index (χ1v) is 9.44. The molecule has 1 heterocycles. The Morgan fingerprint density at radius 3 is 2.36 bits per heavy atom. The second-order valence-corrected chi connectivity index (χ2v) is 7.45. The van der Waals surface area contributed by atoms with Crippen molar-refractivity contribution >= 4 is 16.6 Å². The van der Waals surface area contributed by atoms with Crippen LogP contribution in [0.5, 0.6) is 0 Å². The molecular weight excluding hydrogens is 322 g/mol. The SMILES string of the molecule is O=c1ccn(C2CCCC2)c2cc(NC3CCCCC3)c(F)c(F)c12. The Bertz CT molecular complexity index is 834. The normalized spacial score (nSPS) is 19.6. The quantitative estimate of drug-likeness (QED) is 0.835. The van der Waals surface area contributed by atoms with E-state index in [1.54, 1.807) is 12.3 Å². The maximum Gasteiger partial charge on any atom is 0.192 e. The van der Waals surface area contributed by atoms with E-state index in [0.29, 0.717) is 5.52 Å². The molecule has 5 heteroatoms. The smallest absolute Gasteiger partial charge is 0.192 e. The third kappa shape index (κ3) is 3.05. The van der Waals surface area contributed by atoms with Crippen molar-refractivity contribution in [1.29, 1.82) is 0 Å². The van der Waals surface area contributed by atoms with Gasteiger partial charge < -0.3 is 9.88 Å². The zero-order valence-corrected chi connectivity index (χ0v) is 14.4. The van der Waals surface area contributed by atoms with Crippen LogP contribution in [0.4, 0.5) is 14.5 Å². The van der Waals surface area contributed by atoms with Gasteiger partial charge in [-0.15, -0.1) is 0 Å². The molecule has 3 nitrogen and oxygen atoms in total. The van der Waals surface area contributed by atoms with Crippen LogP contribution in [0, 0.1) is 11.6 Å². The van der Waals surface area contributed by atoms with Crippen molar-refractivity contribution in [3.8, 4) is 0 Å². The fourth-order valence-corrected chi connectivity index (χ4v) is 4.44. The van der Waals surface area contributed by atoms with Crippen LogP contribution in [-0.4, -0.2) is 10.6 Å². The van der Waals surface area contributed by atoms with Crippen molar-refractivity contribution in [2.75, 3.05) is 5.32 Å². The van der Waals surface area contributed by atoms with Crippen molar-refractivity contribution in [2.45, 2.75) is 69.9 Å². The van der Waals surface area contributed by atoms with E-state index in [9.17, 15) is 13.6 Å². The second-order valence-electron chi connectivity index (χ2n) is 7.45. The van der Waals surface area contributed by atoms with Gasteiger partial charge in [-0.05, 0) is 31.7 Å². The summed E-state index contributed by atoms with van der Waals surface area (Å²) >= 11 is 0. The molecule has 0 amide bonds. The number of hydrogen-bond acceptors (Lipinski definition) is 2. The number of pyridine rings is 1. The van der Waals surface area contributed by atoms with Crippen LogP contribution in [0.25, 0.3) is 10.9 Å². The molecule has 2 aliphatic carbocycles. The van der Waals surface area contributed by atoms with Crippen molar-refractivity contribution in [2.24, 2.45) is 0 Å². The summed E-state index contributed by atoms with van der Waals surface area (Å²) in [6.07, 6.45) is 11.4. The number of nitrogens with one attached hydrogen (secondary N) is 1. The van der Waals surface area contributed by atoms with Gasteiger partial charge in [-0.25, -0.2) is 8.78 Å². The van der Waals surface area contributed by atoms with E-state index in [4.69, 9.17) is 0 Å². The molecule has 2 fully saturated rings. The lowest BCUT2D eigenvalue weighted by atomic mass is 9.95. The van der Waals surface area contributed by atoms with E-state index in [-0.39, 0.29) is 23.2 Å². The van der Waals surface area contributed by atoms with Crippen LogP contribution in [0.15, 0.2) is 23.1 Å². The number of benzene rings is 1. The molecule has 2 aliphatic rings. The van der Waals surface area contributed by atoms with Gasteiger partial charge >= 0.3 is 0 Å². The standard InChI is InChI=1S/C20H24F2N2O/c21-19-15(23-13-6-2-1-3-7-13)12-16-18(20(19)22)17(25)10-11-24(16)14-8-4-5-9-14/h10-14,23H,1-9H2. The molecule has 1 N–H and O–H groups in total. The molecule has 1 aromatic heterocycles. The fraction of sp³-hybridized carbons (Fsp3) is 0.550. The predicted octanol–water partition coefficient (Wildman–Crippen LogP) is 5.14. The van der Waals surface area contributed by atoms with Gasteiger partial charge in [-0.3, -0.25) is 4.79 Å². The summed E-state index contributed by atoms with van der Waals surface area (Å²) in [6.45, 7) is 0. The molecule has 1 aromatic carbocycles. The van der Waals surface area contributed by atoms with Gasteiger partial charge in [0.1, 0.15) is 0 Å². The van der Waals surface area contributed by atoms with Gasteiger partial charge in [0.05, 0.1) is 16.6 Å². The Morgan fingerprint density at radius 2 is 1.64 bits per heavy atom. The molecular formula is C20H24F2N2O. The lowest BCUT2D eigenvalue weighted by Crippen LogP contribution is -2.23. The molecule has 2 aromatic rings. The molecule has 4 rings (SSSR count). The highest BCUT2D eigenvalue weighted by molar-refractivity contribution is 5.84. The van der Waals surface area contributed by atoms with Crippen LogP contribution in [0.3, 0.4) is 0 Å². The summed E-state index contributed by atoms with van der Waals surface area (Å²) in [5.74, 6) is -1.95. The van der Waals surface area contributed by atoms with E-state index < -0.39 is 17.1 Å². The highest BCUT2D eigenvalue weighted by Gasteiger charge is 2.23. The average molecular weight is 346 g/mol.